The molecule has 4 heteroatoms. The molecule has 0 saturated heterocycles. The van der Waals surface area contributed by atoms with Crippen molar-refractivity contribution in [1.82, 2.24) is 5.32 Å². The van der Waals surface area contributed by atoms with Gasteiger partial charge >= 0.3 is 0 Å². The Kier molecular flexibility index (Phi) is 4.63. The van der Waals surface area contributed by atoms with Crippen molar-refractivity contribution in [2.24, 2.45) is 5.73 Å². The van der Waals surface area contributed by atoms with Gasteiger partial charge in [-0.15, -0.1) is 0 Å². The molecule has 0 spiro atoms. The first-order valence-electron chi connectivity index (χ1n) is 5.03. The van der Waals surface area contributed by atoms with Crippen molar-refractivity contribution in [2.75, 3.05) is 18.8 Å². The van der Waals surface area contributed by atoms with Gasteiger partial charge in [-0.3, -0.25) is 4.79 Å². The molecular formula is C11H17N3O. The van der Waals surface area contributed by atoms with Crippen LogP contribution in [0.3, 0.4) is 0 Å². The Morgan fingerprint density at radius 2 is 1.93 bits per heavy atom. The summed E-state index contributed by atoms with van der Waals surface area (Å²) in [4.78, 5) is 11.4. The maximum absolute atomic E-state index is 11.4. The summed E-state index contributed by atoms with van der Waals surface area (Å²) in [5, 5.41) is 2.80. The predicted molar refractivity (Wildman–Crippen MR) is 61.2 cm³/mol. The molecule has 82 valence electrons. The molecule has 1 amide bonds. The van der Waals surface area contributed by atoms with Crippen LogP contribution < -0.4 is 16.8 Å². The third kappa shape index (κ3) is 4.46. The molecule has 0 aliphatic heterocycles. The van der Waals surface area contributed by atoms with Gasteiger partial charge in [-0.2, -0.15) is 0 Å². The van der Waals surface area contributed by atoms with Crippen LogP contribution in [0.2, 0.25) is 0 Å². The molecule has 0 heterocycles. The molecular weight excluding hydrogens is 190 g/mol. The summed E-state index contributed by atoms with van der Waals surface area (Å²) < 4.78 is 0. The second-order valence-corrected chi connectivity index (χ2v) is 3.41. The molecule has 1 rings (SSSR count). The van der Waals surface area contributed by atoms with E-state index in [4.69, 9.17) is 11.5 Å². The first kappa shape index (κ1) is 11.5. The summed E-state index contributed by atoms with van der Waals surface area (Å²) in [6, 6.07) is 7.31. The molecule has 5 N–H and O–H groups in total. The zero-order valence-corrected chi connectivity index (χ0v) is 8.70. The molecule has 0 saturated carbocycles. The Hall–Kier alpha value is -1.55. The smallest absolute Gasteiger partial charge is 0.224 e. The van der Waals surface area contributed by atoms with Gasteiger partial charge in [0, 0.05) is 12.2 Å². The number of carbonyl (C=O) groups is 1. The van der Waals surface area contributed by atoms with Crippen molar-refractivity contribution in [3.8, 4) is 0 Å². The highest BCUT2D eigenvalue weighted by Crippen LogP contribution is 2.05. The van der Waals surface area contributed by atoms with E-state index in [1.165, 1.54) is 0 Å². The van der Waals surface area contributed by atoms with E-state index in [2.05, 4.69) is 5.32 Å². The first-order chi connectivity index (χ1) is 7.22. The number of anilines is 1. The molecule has 0 atom stereocenters. The SMILES string of the molecule is NCCCNC(=O)Cc1ccc(N)cc1. The van der Waals surface area contributed by atoms with Crippen LogP contribution in [0.5, 0.6) is 0 Å². The molecule has 1 aromatic rings. The minimum Gasteiger partial charge on any atom is -0.399 e. The normalized spacial score (nSPS) is 9.93. The van der Waals surface area contributed by atoms with Gasteiger partial charge in [0.15, 0.2) is 0 Å². The summed E-state index contributed by atoms with van der Waals surface area (Å²) in [6.45, 7) is 1.24. The number of amides is 1. The van der Waals surface area contributed by atoms with Crippen LogP contribution in [0.4, 0.5) is 5.69 Å². The van der Waals surface area contributed by atoms with Gasteiger partial charge in [-0.1, -0.05) is 12.1 Å². The third-order valence-corrected chi connectivity index (χ3v) is 2.05. The highest BCUT2D eigenvalue weighted by molar-refractivity contribution is 5.78. The topological polar surface area (TPSA) is 81.1 Å². The number of nitrogens with one attached hydrogen (secondary N) is 1. The first-order valence-corrected chi connectivity index (χ1v) is 5.03. The molecule has 1 aromatic carbocycles. The molecule has 0 aliphatic carbocycles. The molecule has 4 nitrogen and oxygen atoms in total. The quantitative estimate of drug-likeness (QED) is 0.479. The van der Waals surface area contributed by atoms with Gasteiger partial charge < -0.3 is 16.8 Å². The second kappa shape index (κ2) is 6.03. The van der Waals surface area contributed by atoms with Crippen LogP contribution in [0.15, 0.2) is 24.3 Å². The van der Waals surface area contributed by atoms with Gasteiger partial charge in [0.25, 0.3) is 0 Å². The summed E-state index contributed by atoms with van der Waals surface area (Å²) in [7, 11) is 0. The number of nitrogens with two attached hydrogens (primary N) is 2. The van der Waals surface area contributed by atoms with Crippen molar-refractivity contribution >= 4 is 11.6 Å². The van der Waals surface area contributed by atoms with Crippen LogP contribution >= 0.6 is 0 Å². The van der Waals surface area contributed by atoms with E-state index in [-0.39, 0.29) is 5.91 Å². The summed E-state index contributed by atoms with van der Waals surface area (Å²) >= 11 is 0. The maximum Gasteiger partial charge on any atom is 0.224 e. The van der Waals surface area contributed by atoms with E-state index in [0.717, 1.165) is 12.0 Å². The zero-order chi connectivity index (χ0) is 11.1. The van der Waals surface area contributed by atoms with Crippen LogP contribution in [0.1, 0.15) is 12.0 Å². The average Bonchev–Trinajstić information content (AvgIpc) is 2.22. The molecule has 0 aliphatic rings. The third-order valence-electron chi connectivity index (χ3n) is 2.05. The minimum absolute atomic E-state index is 0.0215. The van der Waals surface area contributed by atoms with Crippen molar-refractivity contribution < 1.29 is 4.79 Å². The van der Waals surface area contributed by atoms with Crippen molar-refractivity contribution in [3.05, 3.63) is 29.8 Å². The largest absolute Gasteiger partial charge is 0.399 e. The van der Waals surface area contributed by atoms with Gasteiger partial charge in [0.2, 0.25) is 5.91 Å². The van der Waals surface area contributed by atoms with Crippen molar-refractivity contribution in [2.45, 2.75) is 12.8 Å². The highest BCUT2D eigenvalue weighted by atomic mass is 16.1. The Morgan fingerprint density at radius 3 is 2.53 bits per heavy atom. The highest BCUT2D eigenvalue weighted by Gasteiger charge is 2.01. The summed E-state index contributed by atoms with van der Waals surface area (Å²) in [5.41, 5.74) is 12.5. The molecule has 15 heavy (non-hydrogen) atoms. The predicted octanol–water partition coefficient (Wildman–Crippen LogP) is 0.276. The maximum atomic E-state index is 11.4. The standard InChI is InChI=1S/C11H17N3O/c12-6-1-7-14-11(15)8-9-2-4-10(13)5-3-9/h2-5H,1,6-8,12-13H2,(H,14,15). The van der Waals surface area contributed by atoms with Gasteiger partial charge in [0.1, 0.15) is 0 Å². The van der Waals surface area contributed by atoms with Crippen LogP contribution in [-0.2, 0) is 11.2 Å². The van der Waals surface area contributed by atoms with E-state index in [9.17, 15) is 4.79 Å². The van der Waals surface area contributed by atoms with Crippen molar-refractivity contribution in [3.63, 3.8) is 0 Å². The number of carbonyl (C=O) groups excluding carboxylic acids is 1. The second-order valence-electron chi connectivity index (χ2n) is 3.41. The van der Waals surface area contributed by atoms with Gasteiger partial charge in [-0.25, -0.2) is 0 Å². The molecule has 0 radical (unpaired) electrons. The lowest BCUT2D eigenvalue weighted by Gasteiger charge is -2.04. The van der Waals surface area contributed by atoms with Crippen LogP contribution in [0, 0.1) is 0 Å². The number of hydrogen-bond acceptors (Lipinski definition) is 3. The van der Waals surface area contributed by atoms with Crippen molar-refractivity contribution in [1.29, 1.82) is 0 Å². The Labute approximate surface area is 89.6 Å². The molecule has 0 unspecified atom stereocenters. The summed E-state index contributed by atoms with van der Waals surface area (Å²) in [5.74, 6) is 0.0215. The number of benzene rings is 1. The van der Waals surface area contributed by atoms with Gasteiger partial charge in [-0.05, 0) is 30.7 Å². The fourth-order valence-electron chi connectivity index (χ4n) is 1.21. The Balaban J connectivity index is 2.34. The molecule has 0 bridgehead atoms. The summed E-state index contributed by atoms with van der Waals surface area (Å²) in [6.07, 6.45) is 1.21. The number of nitrogen functional groups attached to an aromatic ring is 1. The fraction of sp³-hybridized carbons (Fsp3) is 0.364. The Bertz CT molecular complexity index is 308. The number of hydrogen-bond donors (Lipinski definition) is 3. The molecule has 0 aromatic heterocycles. The van der Waals surface area contributed by atoms with Crippen LogP contribution in [-0.4, -0.2) is 19.0 Å². The van der Waals surface area contributed by atoms with E-state index >= 15 is 0 Å². The molecule has 0 fully saturated rings. The Morgan fingerprint density at radius 1 is 1.27 bits per heavy atom. The monoisotopic (exact) mass is 207 g/mol. The van der Waals surface area contributed by atoms with Crippen LogP contribution in [0.25, 0.3) is 0 Å². The lowest BCUT2D eigenvalue weighted by Crippen LogP contribution is -2.27. The lowest BCUT2D eigenvalue weighted by atomic mass is 10.1. The lowest BCUT2D eigenvalue weighted by molar-refractivity contribution is -0.120. The average molecular weight is 207 g/mol. The van der Waals surface area contributed by atoms with E-state index in [1.54, 1.807) is 12.1 Å². The van der Waals surface area contributed by atoms with E-state index in [0.29, 0.717) is 25.2 Å². The fourth-order valence-corrected chi connectivity index (χ4v) is 1.21. The van der Waals surface area contributed by atoms with E-state index < -0.39 is 0 Å². The van der Waals surface area contributed by atoms with Gasteiger partial charge in [0.05, 0.1) is 6.42 Å². The van der Waals surface area contributed by atoms with E-state index in [1.807, 2.05) is 12.1 Å². The number of rotatable bonds is 5. The minimum atomic E-state index is 0.0215. The zero-order valence-electron chi connectivity index (χ0n) is 8.70.